The van der Waals surface area contributed by atoms with Crippen LogP contribution >= 0.6 is 0 Å². The van der Waals surface area contributed by atoms with Crippen molar-refractivity contribution < 1.29 is 26.0 Å². The molecule has 5 nitrogen and oxygen atoms in total. The summed E-state index contributed by atoms with van der Waals surface area (Å²) in [5, 5.41) is 0. The van der Waals surface area contributed by atoms with E-state index in [-0.39, 0.29) is 11.4 Å². The predicted octanol–water partition coefficient (Wildman–Crippen LogP) is 3.76. The zero-order valence-corrected chi connectivity index (χ0v) is 14.0. The molecule has 1 N–H and O–H groups in total. The molecular formula is C16H11F4N3O2S. The van der Waals surface area contributed by atoms with Crippen molar-refractivity contribution in [3.8, 4) is 22.5 Å². The van der Waals surface area contributed by atoms with Crippen LogP contribution in [0.25, 0.3) is 22.5 Å². The highest BCUT2D eigenvalue weighted by Crippen LogP contribution is 2.35. The van der Waals surface area contributed by atoms with E-state index in [1.54, 1.807) is 0 Å². The number of sulfone groups is 1. The van der Waals surface area contributed by atoms with Crippen molar-refractivity contribution in [3.05, 3.63) is 54.1 Å². The number of nitrogens with one attached hydrogen (secondary N) is 1. The van der Waals surface area contributed by atoms with Crippen molar-refractivity contribution in [2.45, 2.75) is 11.3 Å². The number of rotatable bonds is 4. The van der Waals surface area contributed by atoms with E-state index in [1.165, 1.54) is 24.5 Å². The normalized spacial score (nSPS) is 11.9. The summed E-state index contributed by atoms with van der Waals surface area (Å²) in [5.74, 6) is -3.04. The van der Waals surface area contributed by atoms with Crippen molar-refractivity contribution in [2.24, 2.45) is 0 Å². The quantitative estimate of drug-likeness (QED) is 0.694. The fraction of sp³-hybridized carbons (Fsp3) is 0.125. The van der Waals surface area contributed by atoms with Gasteiger partial charge in [-0.3, -0.25) is 4.98 Å². The van der Waals surface area contributed by atoms with Gasteiger partial charge < -0.3 is 4.98 Å². The summed E-state index contributed by atoms with van der Waals surface area (Å²) in [6, 6.07) is 4.19. The van der Waals surface area contributed by atoms with Crippen LogP contribution in [-0.2, 0) is 9.84 Å². The van der Waals surface area contributed by atoms with E-state index >= 15 is 0 Å². The van der Waals surface area contributed by atoms with E-state index in [0.29, 0.717) is 17.7 Å². The Hall–Kier alpha value is -2.75. The molecule has 0 fully saturated rings. The number of nitrogens with zero attached hydrogens (tertiary/aromatic N) is 2. The lowest BCUT2D eigenvalue weighted by Gasteiger charge is -2.07. The number of aromatic amines is 1. The standard InChI is InChI=1S/C16H11F4N3O2S/c1-26(24,25)12-6-10(17)9(5-11(12)18)14-13(8-3-2-4-21-7-8)22-16(23-14)15(19)20/h2-7,15H,1H3,(H,22,23). The number of halogens is 4. The van der Waals surface area contributed by atoms with E-state index in [0.717, 1.165) is 6.26 Å². The van der Waals surface area contributed by atoms with Crippen LogP contribution in [0, 0.1) is 11.6 Å². The van der Waals surface area contributed by atoms with Gasteiger partial charge in [-0.2, -0.15) is 0 Å². The Bertz CT molecular complexity index is 1070. The van der Waals surface area contributed by atoms with Crippen LogP contribution in [0.3, 0.4) is 0 Å². The van der Waals surface area contributed by atoms with Gasteiger partial charge in [0.15, 0.2) is 15.7 Å². The Balaban J connectivity index is 2.26. The van der Waals surface area contributed by atoms with Gasteiger partial charge in [-0.25, -0.2) is 31.0 Å². The third kappa shape index (κ3) is 3.32. The summed E-state index contributed by atoms with van der Waals surface area (Å²) in [5.41, 5.74) is -0.380. The monoisotopic (exact) mass is 385 g/mol. The number of benzene rings is 1. The van der Waals surface area contributed by atoms with Gasteiger partial charge in [0.2, 0.25) is 0 Å². The maximum atomic E-state index is 14.5. The molecule has 0 saturated carbocycles. The average molecular weight is 385 g/mol. The third-order valence-electron chi connectivity index (χ3n) is 3.56. The number of imidazole rings is 1. The first kappa shape index (κ1) is 18.1. The van der Waals surface area contributed by atoms with Gasteiger partial charge >= 0.3 is 0 Å². The van der Waals surface area contributed by atoms with Gasteiger partial charge in [0.25, 0.3) is 6.43 Å². The molecule has 0 saturated heterocycles. The summed E-state index contributed by atoms with van der Waals surface area (Å²) in [6.45, 7) is 0. The van der Waals surface area contributed by atoms with E-state index in [4.69, 9.17) is 0 Å². The maximum absolute atomic E-state index is 14.5. The lowest BCUT2D eigenvalue weighted by Crippen LogP contribution is -2.03. The molecule has 1 aromatic carbocycles. The van der Waals surface area contributed by atoms with Crippen LogP contribution in [0.1, 0.15) is 12.2 Å². The van der Waals surface area contributed by atoms with Crippen molar-refractivity contribution in [2.75, 3.05) is 6.26 Å². The van der Waals surface area contributed by atoms with E-state index in [2.05, 4.69) is 15.0 Å². The van der Waals surface area contributed by atoms with E-state index in [9.17, 15) is 26.0 Å². The molecule has 0 spiro atoms. The first-order valence-electron chi connectivity index (χ1n) is 7.16. The van der Waals surface area contributed by atoms with Crippen molar-refractivity contribution in [1.29, 1.82) is 0 Å². The van der Waals surface area contributed by atoms with Crippen LogP contribution in [0.15, 0.2) is 41.6 Å². The van der Waals surface area contributed by atoms with E-state index in [1.807, 2.05) is 0 Å². The smallest absolute Gasteiger partial charge is 0.295 e. The van der Waals surface area contributed by atoms with Crippen LogP contribution in [0.4, 0.5) is 17.6 Å². The molecule has 2 aromatic heterocycles. The largest absolute Gasteiger partial charge is 0.337 e. The van der Waals surface area contributed by atoms with Gasteiger partial charge in [-0.15, -0.1) is 0 Å². The first-order valence-corrected chi connectivity index (χ1v) is 9.05. The highest BCUT2D eigenvalue weighted by Gasteiger charge is 2.24. The van der Waals surface area contributed by atoms with Crippen LogP contribution in [-0.4, -0.2) is 29.6 Å². The summed E-state index contributed by atoms with van der Waals surface area (Å²) in [6.07, 6.45) is 0.553. The first-order chi connectivity index (χ1) is 12.2. The molecule has 3 aromatic rings. The van der Waals surface area contributed by atoms with Crippen molar-refractivity contribution in [3.63, 3.8) is 0 Å². The number of aromatic nitrogens is 3. The van der Waals surface area contributed by atoms with Gasteiger partial charge in [-0.1, -0.05) is 0 Å². The van der Waals surface area contributed by atoms with Gasteiger partial charge in [0.05, 0.1) is 11.4 Å². The Morgan fingerprint density at radius 3 is 2.46 bits per heavy atom. The summed E-state index contributed by atoms with van der Waals surface area (Å²) in [4.78, 5) is 9.07. The zero-order chi connectivity index (χ0) is 19.1. The Morgan fingerprint density at radius 1 is 1.15 bits per heavy atom. The lowest BCUT2D eigenvalue weighted by molar-refractivity contribution is 0.141. The number of hydrogen-bond donors (Lipinski definition) is 1. The minimum absolute atomic E-state index is 0.0128. The molecule has 0 unspecified atom stereocenters. The molecule has 10 heteroatoms. The highest BCUT2D eigenvalue weighted by molar-refractivity contribution is 7.90. The number of hydrogen-bond acceptors (Lipinski definition) is 4. The summed E-state index contributed by atoms with van der Waals surface area (Å²) >= 11 is 0. The van der Waals surface area contributed by atoms with Gasteiger partial charge in [0, 0.05) is 29.8 Å². The van der Waals surface area contributed by atoms with Crippen molar-refractivity contribution >= 4 is 9.84 Å². The Labute approximate surface area is 145 Å². The molecular weight excluding hydrogens is 374 g/mol. The van der Waals surface area contributed by atoms with Crippen molar-refractivity contribution in [1.82, 2.24) is 15.0 Å². The third-order valence-corrected chi connectivity index (χ3v) is 4.67. The molecule has 0 aliphatic carbocycles. The second-order valence-corrected chi connectivity index (χ2v) is 7.41. The molecule has 0 aliphatic rings. The predicted molar refractivity (Wildman–Crippen MR) is 85.2 cm³/mol. The van der Waals surface area contributed by atoms with Gasteiger partial charge in [0.1, 0.15) is 16.5 Å². The maximum Gasteiger partial charge on any atom is 0.295 e. The number of pyridine rings is 1. The molecule has 26 heavy (non-hydrogen) atoms. The van der Waals surface area contributed by atoms with Gasteiger partial charge in [-0.05, 0) is 24.3 Å². The number of alkyl halides is 2. The number of H-pyrrole nitrogens is 1. The Morgan fingerprint density at radius 2 is 1.88 bits per heavy atom. The fourth-order valence-corrected chi connectivity index (χ4v) is 3.13. The van der Waals surface area contributed by atoms with Crippen LogP contribution < -0.4 is 0 Å². The minimum Gasteiger partial charge on any atom is -0.337 e. The molecule has 3 rings (SSSR count). The molecule has 2 heterocycles. The SMILES string of the molecule is CS(=O)(=O)c1cc(F)c(-c2nc(C(F)F)[nH]c2-c2cccnc2)cc1F. The van der Waals surface area contributed by atoms with E-state index < -0.39 is 44.2 Å². The second kappa shape index (κ2) is 6.52. The van der Waals surface area contributed by atoms with Crippen LogP contribution in [0.2, 0.25) is 0 Å². The lowest BCUT2D eigenvalue weighted by atomic mass is 10.1. The second-order valence-electron chi connectivity index (χ2n) is 5.42. The molecule has 0 aliphatic heterocycles. The Kier molecular flexibility index (Phi) is 4.53. The zero-order valence-electron chi connectivity index (χ0n) is 13.2. The molecule has 136 valence electrons. The molecule has 0 bridgehead atoms. The highest BCUT2D eigenvalue weighted by atomic mass is 32.2. The van der Waals surface area contributed by atoms with Crippen LogP contribution in [0.5, 0.6) is 0 Å². The average Bonchev–Trinajstić information content (AvgIpc) is 3.02. The minimum atomic E-state index is -4.00. The fourth-order valence-electron chi connectivity index (χ4n) is 2.40. The molecule has 0 radical (unpaired) electrons. The summed E-state index contributed by atoms with van der Waals surface area (Å²) in [7, 11) is -4.00. The summed E-state index contributed by atoms with van der Waals surface area (Å²) < 4.78 is 77.7. The topological polar surface area (TPSA) is 75.7 Å². The molecule has 0 atom stereocenters. The molecule has 0 amide bonds.